The van der Waals surface area contributed by atoms with Crippen molar-refractivity contribution in [3.05, 3.63) is 21.6 Å². The molecule has 0 aliphatic carbocycles. The predicted octanol–water partition coefficient (Wildman–Crippen LogP) is 2.80. The van der Waals surface area contributed by atoms with Crippen LogP contribution in [0.15, 0.2) is 15.9 Å². The number of rotatable bonds is 1. The molecule has 5 heteroatoms. The first kappa shape index (κ1) is 9.73. The molecule has 0 radical (unpaired) electrons. The first-order valence-electron chi connectivity index (χ1n) is 4.14. The molecule has 0 atom stereocenters. The highest BCUT2D eigenvalue weighted by molar-refractivity contribution is 9.11. The van der Waals surface area contributed by atoms with Gasteiger partial charge in [-0.3, -0.25) is 0 Å². The van der Waals surface area contributed by atoms with Crippen molar-refractivity contribution in [1.29, 1.82) is 0 Å². The van der Waals surface area contributed by atoms with Gasteiger partial charge in [-0.1, -0.05) is 0 Å². The third kappa shape index (κ3) is 1.46. The van der Waals surface area contributed by atoms with E-state index in [0.29, 0.717) is 5.95 Å². The highest BCUT2D eigenvalue weighted by Gasteiger charge is 2.12. The Kier molecular flexibility index (Phi) is 2.36. The number of anilines is 1. The molecule has 2 heterocycles. The van der Waals surface area contributed by atoms with E-state index in [1.54, 1.807) is 11.3 Å². The summed E-state index contributed by atoms with van der Waals surface area (Å²) in [5.74, 6) is 0.557. The summed E-state index contributed by atoms with van der Waals surface area (Å²) in [6, 6.07) is 4.06. The molecule has 14 heavy (non-hydrogen) atoms. The number of nitrogens with zero attached hydrogens (tertiary/aromatic N) is 2. The monoisotopic (exact) mass is 271 g/mol. The molecule has 0 aliphatic heterocycles. The van der Waals surface area contributed by atoms with Crippen LogP contribution in [-0.2, 0) is 7.05 Å². The SMILES string of the molecule is Cc1c(-c2ccc(Br)s2)nc(N)n1C. The highest BCUT2D eigenvalue weighted by atomic mass is 79.9. The van der Waals surface area contributed by atoms with Crippen LogP contribution in [0.5, 0.6) is 0 Å². The summed E-state index contributed by atoms with van der Waals surface area (Å²) in [5.41, 5.74) is 7.80. The van der Waals surface area contributed by atoms with E-state index in [4.69, 9.17) is 5.73 Å². The molecule has 0 amide bonds. The number of halogens is 1. The van der Waals surface area contributed by atoms with Gasteiger partial charge in [-0.2, -0.15) is 0 Å². The van der Waals surface area contributed by atoms with Crippen molar-refractivity contribution in [1.82, 2.24) is 9.55 Å². The Morgan fingerprint density at radius 3 is 2.64 bits per heavy atom. The quantitative estimate of drug-likeness (QED) is 0.867. The lowest BCUT2D eigenvalue weighted by Crippen LogP contribution is -1.97. The highest BCUT2D eigenvalue weighted by Crippen LogP contribution is 2.32. The lowest BCUT2D eigenvalue weighted by Gasteiger charge is -1.96. The summed E-state index contributed by atoms with van der Waals surface area (Å²) >= 11 is 5.09. The average molecular weight is 272 g/mol. The first-order chi connectivity index (χ1) is 6.59. The van der Waals surface area contributed by atoms with Crippen molar-refractivity contribution < 1.29 is 0 Å². The Balaban J connectivity index is 2.57. The molecule has 0 aliphatic rings. The third-order valence-electron chi connectivity index (χ3n) is 2.22. The standard InChI is InChI=1S/C9H10BrN3S/c1-5-8(12-9(11)13(5)2)6-3-4-7(10)14-6/h3-4H,1-2H3,(H2,11,12). The number of hydrogen-bond acceptors (Lipinski definition) is 3. The van der Waals surface area contributed by atoms with Gasteiger partial charge in [-0.15, -0.1) is 11.3 Å². The van der Waals surface area contributed by atoms with E-state index in [9.17, 15) is 0 Å². The first-order valence-corrected chi connectivity index (χ1v) is 5.75. The number of nitrogen functional groups attached to an aromatic ring is 1. The number of thiophene rings is 1. The molecule has 0 saturated carbocycles. The van der Waals surface area contributed by atoms with Crippen molar-refractivity contribution in [3.8, 4) is 10.6 Å². The van der Waals surface area contributed by atoms with Crippen LogP contribution in [-0.4, -0.2) is 9.55 Å². The maximum Gasteiger partial charge on any atom is 0.200 e. The van der Waals surface area contributed by atoms with Crippen LogP contribution in [0.2, 0.25) is 0 Å². The summed E-state index contributed by atoms with van der Waals surface area (Å²) in [5, 5.41) is 0. The fraction of sp³-hybridized carbons (Fsp3) is 0.222. The zero-order valence-electron chi connectivity index (χ0n) is 7.91. The molecule has 3 nitrogen and oxygen atoms in total. The fourth-order valence-corrected chi connectivity index (χ4v) is 2.70. The van der Waals surface area contributed by atoms with Crippen LogP contribution in [0.1, 0.15) is 5.69 Å². The molecule has 0 spiro atoms. The maximum absolute atomic E-state index is 5.73. The van der Waals surface area contributed by atoms with Gasteiger partial charge in [0.25, 0.3) is 0 Å². The van der Waals surface area contributed by atoms with Crippen molar-refractivity contribution >= 4 is 33.2 Å². The number of aromatic nitrogens is 2. The van der Waals surface area contributed by atoms with Gasteiger partial charge in [0.05, 0.1) is 8.66 Å². The summed E-state index contributed by atoms with van der Waals surface area (Å²) < 4.78 is 3.00. The summed E-state index contributed by atoms with van der Waals surface area (Å²) in [6.07, 6.45) is 0. The Bertz CT molecular complexity index is 472. The Morgan fingerprint density at radius 1 is 1.50 bits per heavy atom. The minimum atomic E-state index is 0.557. The molecule has 0 saturated heterocycles. The van der Waals surface area contributed by atoms with E-state index in [1.165, 1.54) is 0 Å². The third-order valence-corrected chi connectivity index (χ3v) is 3.85. The van der Waals surface area contributed by atoms with Gasteiger partial charge in [0.1, 0.15) is 5.69 Å². The van der Waals surface area contributed by atoms with Crippen molar-refractivity contribution in [3.63, 3.8) is 0 Å². The number of hydrogen-bond donors (Lipinski definition) is 1. The normalized spacial score (nSPS) is 10.8. The Morgan fingerprint density at radius 2 is 2.21 bits per heavy atom. The van der Waals surface area contributed by atoms with Gasteiger partial charge in [-0.05, 0) is 35.0 Å². The Hall–Kier alpha value is -0.810. The van der Waals surface area contributed by atoms with Gasteiger partial charge in [0.15, 0.2) is 0 Å². The summed E-state index contributed by atoms with van der Waals surface area (Å²) in [7, 11) is 1.92. The van der Waals surface area contributed by atoms with E-state index in [2.05, 4.69) is 20.9 Å². The maximum atomic E-state index is 5.73. The minimum absolute atomic E-state index is 0.557. The molecule has 74 valence electrons. The van der Waals surface area contributed by atoms with Gasteiger partial charge in [0, 0.05) is 12.7 Å². The van der Waals surface area contributed by atoms with E-state index < -0.39 is 0 Å². The predicted molar refractivity (Wildman–Crippen MR) is 63.4 cm³/mol. The van der Waals surface area contributed by atoms with Gasteiger partial charge < -0.3 is 10.3 Å². The molecular weight excluding hydrogens is 262 g/mol. The lowest BCUT2D eigenvalue weighted by atomic mass is 10.3. The number of nitrogens with two attached hydrogens (primary N) is 1. The van der Waals surface area contributed by atoms with E-state index in [-0.39, 0.29) is 0 Å². The second-order valence-electron chi connectivity index (χ2n) is 3.07. The lowest BCUT2D eigenvalue weighted by molar-refractivity contribution is 0.889. The zero-order chi connectivity index (χ0) is 10.3. The molecule has 2 aromatic rings. The average Bonchev–Trinajstić information content (AvgIpc) is 2.66. The summed E-state index contributed by atoms with van der Waals surface area (Å²) in [4.78, 5) is 5.46. The minimum Gasteiger partial charge on any atom is -0.369 e. The zero-order valence-corrected chi connectivity index (χ0v) is 10.3. The van der Waals surface area contributed by atoms with Crippen molar-refractivity contribution in [2.75, 3.05) is 5.73 Å². The molecule has 0 fully saturated rings. The topological polar surface area (TPSA) is 43.8 Å². The summed E-state index contributed by atoms with van der Waals surface area (Å²) in [6.45, 7) is 2.02. The molecule has 0 bridgehead atoms. The van der Waals surface area contributed by atoms with Crippen LogP contribution < -0.4 is 5.73 Å². The molecular formula is C9H10BrN3S. The van der Waals surface area contributed by atoms with Crippen molar-refractivity contribution in [2.24, 2.45) is 7.05 Å². The smallest absolute Gasteiger partial charge is 0.200 e. The number of imidazole rings is 1. The van der Waals surface area contributed by atoms with Gasteiger partial charge in [0.2, 0.25) is 5.95 Å². The second-order valence-corrected chi connectivity index (χ2v) is 5.53. The van der Waals surface area contributed by atoms with Crippen molar-refractivity contribution in [2.45, 2.75) is 6.92 Å². The van der Waals surface area contributed by atoms with Crippen LogP contribution >= 0.6 is 27.3 Å². The molecule has 2 rings (SSSR count). The van der Waals surface area contributed by atoms with Gasteiger partial charge >= 0.3 is 0 Å². The van der Waals surface area contributed by atoms with Crippen LogP contribution in [0.3, 0.4) is 0 Å². The van der Waals surface area contributed by atoms with Gasteiger partial charge in [-0.25, -0.2) is 4.98 Å². The van der Waals surface area contributed by atoms with E-state index in [0.717, 1.165) is 20.1 Å². The Labute approximate surface area is 94.7 Å². The van der Waals surface area contributed by atoms with E-state index >= 15 is 0 Å². The van der Waals surface area contributed by atoms with Crippen LogP contribution in [0, 0.1) is 6.92 Å². The largest absolute Gasteiger partial charge is 0.369 e. The van der Waals surface area contributed by atoms with Crippen LogP contribution in [0.4, 0.5) is 5.95 Å². The molecule has 0 aromatic carbocycles. The molecule has 0 unspecified atom stereocenters. The van der Waals surface area contributed by atoms with E-state index in [1.807, 2.05) is 30.7 Å². The fourth-order valence-electron chi connectivity index (χ4n) is 1.28. The second kappa shape index (κ2) is 3.40. The molecule has 2 N–H and O–H groups in total. The van der Waals surface area contributed by atoms with Crippen LogP contribution in [0.25, 0.3) is 10.6 Å². The molecule has 2 aromatic heterocycles.